The highest BCUT2D eigenvalue weighted by molar-refractivity contribution is 7.88. The van der Waals surface area contributed by atoms with Crippen molar-refractivity contribution in [3.05, 3.63) is 71.0 Å². The first-order valence-electron chi connectivity index (χ1n) is 10.4. The minimum atomic E-state index is -3.68. The van der Waals surface area contributed by atoms with Gasteiger partial charge in [0, 0.05) is 19.6 Å². The fourth-order valence-electron chi connectivity index (χ4n) is 3.73. The van der Waals surface area contributed by atoms with Crippen molar-refractivity contribution in [1.29, 1.82) is 0 Å². The zero-order chi connectivity index (χ0) is 23.5. The second kappa shape index (κ2) is 9.38. The van der Waals surface area contributed by atoms with Crippen molar-refractivity contribution >= 4 is 21.8 Å². The molecule has 1 saturated heterocycles. The van der Waals surface area contributed by atoms with Crippen LogP contribution in [0.1, 0.15) is 30.5 Å². The zero-order valence-corrected chi connectivity index (χ0v) is 19.3. The number of hydrogen-bond donors (Lipinski definition) is 1. The third-order valence-corrected chi connectivity index (χ3v) is 6.99. The molecule has 0 aliphatic carbocycles. The fourth-order valence-corrected chi connectivity index (χ4v) is 4.56. The van der Waals surface area contributed by atoms with Crippen molar-refractivity contribution in [3.8, 4) is 0 Å². The van der Waals surface area contributed by atoms with Crippen LogP contribution < -0.4 is 5.32 Å². The first-order valence-corrected chi connectivity index (χ1v) is 12.2. The quantitative estimate of drug-likeness (QED) is 0.684. The summed E-state index contributed by atoms with van der Waals surface area (Å²) in [5, 5.41) is 2.78. The van der Waals surface area contributed by atoms with Gasteiger partial charge in [-0.1, -0.05) is 43.3 Å². The van der Waals surface area contributed by atoms with Crippen LogP contribution in [0.4, 0.5) is 4.39 Å². The van der Waals surface area contributed by atoms with Gasteiger partial charge in [0.15, 0.2) is 0 Å². The smallest absolute Gasteiger partial charge is 0.247 e. The van der Waals surface area contributed by atoms with E-state index in [0.29, 0.717) is 5.56 Å². The molecule has 3 rings (SSSR count). The summed E-state index contributed by atoms with van der Waals surface area (Å²) in [7, 11) is -3.68. The van der Waals surface area contributed by atoms with Gasteiger partial charge < -0.3 is 10.2 Å². The van der Waals surface area contributed by atoms with Crippen molar-refractivity contribution in [2.24, 2.45) is 0 Å². The minimum Gasteiger partial charge on any atom is -0.350 e. The van der Waals surface area contributed by atoms with Crippen LogP contribution >= 0.6 is 0 Å². The third-order valence-electron chi connectivity index (χ3n) is 5.79. The number of halogens is 1. The molecule has 0 bridgehead atoms. The molecule has 0 aromatic heterocycles. The van der Waals surface area contributed by atoms with Gasteiger partial charge in [-0.05, 0) is 42.2 Å². The summed E-state index contributed by atoms with van der Waals surface area (Å²) in [5.74, 6) is -1.30. The van der Waals surface area contributed by atoms with E-state index in [1.54, 1.807) is 19.1 Å². The Morgan fingerprint density at radius 2 is 1.62 bits per heavy atom. The molecule has 1 N–H and O–H groups in total. The molecule has 9 heteroatoms. The van der Waals surface area contributed by atoms with Gasteiger partial charge in [-0.25, -0.2) is 12.8 Å². The average Bonchev–Trinajstić information content (AvgIpc) is 2.75. The maximum absolute atomic E-state index is 13.3. The van der Waals surface area contributed by atoms with Gasteiger partial charge in [0.05, 0.1) is 12.8 Å². The number of hydrogen-bond acceptors (Lipinski definition) is 4. The lowest BCUT2D eigenvalue weighted by Crippen LogP contribution is -2.69. The molecule has 7 nitrogen and oxygen atoms in total. The molecule has 0 spiro atoms. The zero-order valence-electron chi connectivity index (χ0n) is 18.5. The Labute approximate surface area is 188 Å². The average molecular weight is 462 g/mol. The van der Waals surface area contributed by atoms with E-state index in [2.05, 4.69) is 5.32 Å². The van der Waals surface area contributed by atoms with E-state index in [4.69, 9.17) is 0 Å². The molecule has 1 heterocycles. The summed E-state index contributed by atoms with van der Waals surface area (Å²) in [5.41, 5.74) is 1.27. The summed E-state index contributed by atoms with van der Waals surface area (Å²) in [6.07, 6.45) is 1.91. The highest BCUT2D eigenvalue weighted by Crippen LogP contribution is 2.27. The van der Waals surface area contributed by atoms with Gasteiger partial charge >= 0.3 is 0 Å². The topological polar surface area (TPSA) is 86.8 Å². The Balaban J connectivity index is 1.86. The van der Waals surface area contributed by atoms with Crippen LogP contribution in [-0.4, -0.2) is 54.3 Å². The van der Waals surface area contributed by atoms with Gasteiger partial charge in [0.2, 0.25) is 21.8 Å². The molecule has 1 fully saturated rings. The Morgan fingerprint density at radius 1 is 1.06 bits per heavy atom. The Morgan fingerprint density at radius 3 is 2.19 bits per heavy atom. The lowest BCUT2D eigenvalue weighted by Gasteiger charge is -2.46. The van der Waals surface area contributed by atoms with Gasteiger partial charge in [-0.3, -0.25) is 9.59 Å². The number of piperazine rings is 1. The molecule has 32 heavy (non-hydrogen) atoms. The molecule has 2 amide bonds. The summed E-state index contributed by atoms with van der Waals surface area (Å²) >= 11 is 0. The minimum absolute atomic E-state index is 0.126. The predicted molar refractivity (Wildman–Crippen MR) is 119 cm³/mol. The van der Waals surface area contributed by atoms with Gasteiger partial charge in [0.25, 0.3) is 0 Å². The summed E-state index contributed by atoms with van der Waals surface area (Å²) in [6.45, 7) is 3.46. The molecule has 0 saturated carbocycles. The summed E-state index contributed by atoms with van der Waals surface area (Å²) in [4.78, 5) is 27.7. The normalized spacial score (nSPS) is 19.8. The number of benzene rings is 2. The molecule has 2 aromatic carbocycles. The predicted octanol–water partition coefficient (Wildman–Crippen LogP) is 2.07. The molecular formula is C23H28FN3O4S. The van der Waals surface area contributed by atoms with Gasteiger partial charge in [0.1, 0.15) is 11.4 Å². The third kappa shape index (κ3) is 5.34. The van der Waals surface area contributed by atoms with Crippen molar-refractivity contribution in [1.82, 2.24) is 14.5 Å². The Hall–Kier alpha value is -2.78. The monoisotopic (exact) mass is 461 g/mol. The highest BCUT2D eigenvalue weighted by Gasteiger charge is 2.49. The standard InChI is InChI=1S/C23H28FN3O4S/c1-4-17-5-7-19(8-6-17)14-27-21(28)15-26(32(3,30)31)16-23(27,2)22(29)25-13-18-9-11-20(24)12-10-18/h5-12H,4,13-16H2,1-3H3,(H,25,29)/t23-/m1/s1. The number of carbonyl (C=O) groups is 2. The second-order valence-corrected chi connectivity index (χ2v) is 10.2. The van der Waals surface area contributed by atoms with E-state index in [0.717, 1.165) is 28.1 Å². The first-order chi connectivity index (χ1) is 15.0. The molecule has 172 valence electrons. The van der Waals surface area contributed by atoms with E-state index < -0.39 is 27.4 Å². The van der Waals surface area contributed by atoms with Gasteiger partial charge in [-0.2, -0.15) is 4.31 Å². The number of aryl methyl sites for hydroxylation is 1. The number of amides is 2. The van der Waals surface area contributed by atoms with Gasteiger partial charge in [-0.15, -0.1) is 0 Å². The van der Waals surface area contributed by atoms with Crippen LogP contribution in [0, 0.1) is 5.82 Å². The Kier molecular flexibility index (Phi) is 7.00. The van der Waals surface area contributed by atoms with Crippen LogP contribution in [0.15, 0.2) is 48.5 Å². The van der Waals surface area contributed by atoms with Crippen molar-refractivity contribution in [2.45, 2.75) is 38.9 Å². The van der Waals surface area contributed by atoms with Crippen molar-refractivity contribution in [3.63, 3.8) is 0 Å². The maximum Gasteiger partial charge on any atom is 0.247 e. The van der Waals surface area contributed by atoms with Crippen LogP contribution in [0.5, 0.6) is 0 Å². The van der Waals surface area contributed by atoms with E-state index >= 15 is 0 Å². The Bertz CT molecular complexity index is 1090. The van der Waals surface area contributed by atoms with Crippen LogP contribution in [0.3, 0.4) is 0 Å². The number of nitrogens with zero attached hydrogens (tertiary/aromatic N) is 2. The van der Waals surface area contributed by atoms with E-state index in [1.807, 2.05) is 31.2 Å². The molecule has 0 radical (unpaired) electrons. The molecular weight excluding hydrogens is 433 g/mol. The van der Waals surface area contributed by atoms with E-state index in [1.165, 1.54) is 17.0 Å². The number of carbonyl (C=O) groups excluding carboxylic acids is 2. The highest BCUT2D eigenvalue weighted by atomic mass is 32.2. The van der Waals surface area contributed by atoms with E-state index in [9.17, 15) is 22.4 Å². The van der Waals surface area contributed by atoms with E-state index in [-0.39, 0.29) is 32.0 Å². The first kappa shape index (κ1) is 23.9. The molecule has 1 atom stereocenters. The molecule has 2 aromatic rings. The molecule has 0 unspecified atom stereocenters. The molecule has 1 aliphatic rings. The largest absolute Gasteiger partial charge is 0.350 e. The summed E-state index contributed by atoms with van der Waals surface area (Å²) in [6, 6.07) is 13.5. The number of nitrogens with one attached hydrogen (secondary N) is 1. The lowest BCUT2D eigenvalue weighted by molar-refractivity contribution is -0.153. The SMILES string of the molecule is CCc1ccc(CN2C(=O)CN(S(C)(=O)=O)C[C@]2(C)C(=O)NCc2ccc(F)cc2)cc1. The fraction of sp³-hybridized carbons (Fsp3) is 0.391. The maximum atomic E-state index is 13.3. The van der Waals surface area contributed by atoms with Crippen LogP contribution in [0.2, 0.25) is 0 Å². The number of rotatable bonds is 7. The second-order valence-electron chi connectivity index (χ2n) is 8.26. The number of sulfonamides is 1. The summed E-state index contributed by atoms with van der Waals surface area (Å²) < 4.78 is 38.5. The van der Waals surface area contributed by atoms with Crippen LogP contribution in [0.25, 0.3) is 0 Å². The molecule has 1 aliphatic heterocycles. The van der Waals surface area contributed by atoms with Crippen molar-refractivity contribution in [2.75, 3.05) is 19.3 Å². The lowest BCUT2D eigenvalue weighted by atomic mass is 9.94. The van der Waals surface area contributed by atoms with Crippen LogP contribution in [-0.2, 0) is 39.1 Å². The van der Waals surface area contributed by atoms with Crippen molar-refractivity contribution < 1.29 is 22.4 Å².